The molecular formula is C19H19Cl2FN2O2. The van der Waals surface area contributed by atoms with Crippen molar-refractivity contribution in [3.05, 3.63) is 63.9 Å². The van der Waals surface area contributed by atoms with Crippen molar-refractivity contribution in [1.29, 1.82) is 0 Å². The number of anilines is 1. The first-order chi connectivity index (χ1) is 12.4. The fraction of sp³-hybridized carbons (Fsp3) is 0.263. The second-order valence-electron chi connectivity index (χ2n) is 5.79. The summed E-state index contributed by atoms with van der Waals surface area (Å²) < 4.78 is 13.3. The largest absolute Gasteiger partial charge is 0.333 e. The van der Waals surface area contributed by atoms with Gasteiger partial charge in [-0.05, 0) is 42.3 Å². The molecule has 2 amide bonds. The van der Waals surface area contributed by atoms with Crippen molar-refractivity contribution in [1.82, 2.24) is 4.90 Å². The Morgan fingerprint density at radius 2 is 1.92 bits per heavy atom. The number of benzene rings is 2. The molecule has 138 valence electrons. The first-order valence-corrected chi connectivity index (χ1v) is 8.91. The predicted molar refractivity (Wildman–Crippen MR) is 102 cm³/mol. The smallest absolute Gasteiger partial charge is 0.244 e. The van der Waals surface area contributed by atoms with Gasteiger partial charge in [-0.15, -0.1) is 0 Å². The lowest BCUT2D eigenvalue weighted by atomic mass is 10.1. The molecule has 0 unspecified atom stereocenters. The van der Waals surface area contributed by atoms with Gasteiger partial charge in [0.05, 0.1) is 23.7 Å². The van der Waals surface area contributed by atoms with E-state index in [2.05, 4.69) is 5.32 Å². The van der Waals surface area contributed by atoms with Crippen molar-refractivity contribution in [2.45, 2.75) is 19.8 Å². The Morgan fingerprint density at radius 3 is 2.62 bits per heavy atom. The molecule has 2 aromatic rings. The van der Waals surface area contributed by atoms with Crippen molar-refractivity contribution in [3.63, 3.8) is 0 Å². The molecule has 7 heteroatoms. The second-order valence-corrected chi connectivity index (χ2v) is 6.64. The molecule has 0 saturated heterocycles. The van der Waals surface area contributed by atoms with Crippen molar-refractivity contribution in [2.24, 2.45) is 0 Å². The van der Waals surface area contributed by atoms with Gasteiger partial charge in [-0.2, -0.15) is 0 Å². The van der Waals surface area contributed by atoms with E-state index in [-0.39, 0.29) is 24.8 Å². The summed E-state index contributed by atoms with van der Waals surface area (Å²) in [6, 6.07) is 10.6. The second kappa shape index (κ2) is 9.55. The van der Waals surface area contributed by atoms with E-state index in [4.69, 9.17) is 23.2 Å². The topological polar surface area (TPSA) is 49.4 Å². The highest BCUT2D eigenvalue weighted by Gasteiger charge is 2.18. The molecule has 4 nitrogen and oxygen atoms in total. The maximum atomic E-state index is 13.3. The summed E-state index contributed by atoms with van der Waals surface area (Å²) in [5.41, 5.74) is 0.951. The van der Waals surface area contributed by atoms with Gasteiger partial charge in [0.2, 0.25) is 11.8 Å². The van der Waals surface area contributed by atoms with Crippen LogP contribution in [0.5, 0.6) is 0 Å². The molecule has 2 aromatic carbocycles. The number of carbonyl (C=O) groups excluding carboxylic acids is 2. The third kappa shape index (κ3) is 6.00. The zero-order chi connectivity index (χ0) is 19.1. The van der Waals surface area contributed by atoms with E-state index in [1.807, 2.05) is 6.92 Å². The standard InChI is InChI=1S/C19H19Cl2FN2O2/c1-2-8-24(19(26)10-13-4-3-5-15(22)9-13)12-18(25)23-17-11-14(20)6-7-16(17)21/h3-7,9,11H,2,8,10,12H2,1H3,(H,23,25). The van der Waals surface area contributed by atoms with Crippen LogP contribution in [0.1, 0.15) is 18.9 Å². The monoisotopic (exact) mass is 396 g/mol. The number of hydrogen-bond acceptors (Lipinski definition) is 2. The molecule has 0 fully saturated rings. The number of rotatable bonds is 7. The summed E-state index contributed by atoms with van der Waals surface area (Å²) in [5.74, 6) is -1.02. The van der Waals surface area contributed by atoms with Crippen LogP contribution in [0, 0.1) is 5.82 Å². The lowest BCUT2D eigenvalue weighted by Crippen LogP contribution is -2.39. The zero-order valence-electron chi connectivity index (χ0n) is 14.3. The molecule has 0 aromatic heterocycles. The minimum atomic E-state index is -0.398. The third-order valence-corrected chi connectivity index (χ3v) is 4.19. The first-order valence-electron chi connectivity index (χ1n) is 8.16. The zero-order valence-corrected chi connectivity index (χ0v) is 15.8. The van der Waals surface area contributed by atoms with E-state index in [9.17, 15) is 14.0 Å². The molecule has 0 aliphatic carbocycles. The SMILES string of the molecule is CCCN(CC(=O)Nc1cc(Cl)ccc1Cl)C(=O)Cc1cccc(F)c1. The van der Waals surface area contributed by atoms with E-state index < -0.39 is 5.82 Å². The van der Waals surface area contributed by atoms with Crippen LogP contribution >= 0.6 is 23.2 Å². The Labute approximate surface area is 161 Å². The number of halogens is 3. The number of hydrogen-bond donors (Lipinski definition) is 1. The van der Waals surface area contributed by atoms with Crippen LogP contribution in [0.15, 0.2) is 42.5 Å². The van der Waals surface area contributed by atoms with Gasteiger partial charge >= 0.3 is 0 Å². The average molecular weight is 397 g/mol. The molecule has 0 bridgehead atoms. The van der Waals surface area contributed by atoms with E-state index in [0.717, 1.165) is 0 Å². The molecule has 0 aliphatic heterocycles. The Balaban J connectivity index is 2.03. The highest BCUT2D eigenvalue weighted by atomic mass is 35.5. The Bertz CT molecular complexity index is 799. The Kier molecular flexibility index (Phi) is 7.42. The van der Waals surface area contributed by atoms with Gasteiger partial charge in [-0.1, -0.05) is 42.3 Å². The summed E-state index contributed by atoms with van der Waals surface area (Å²) in [6.45, 7) is 2.21. The number of nitrogens with one attached hydrogen (secondary N) is 1. The Morgan fingerprint density at radius 1 is 1.15 bits per heavy atom. The minimum absolute atomic E-state index is 0.0307. The van der Waals surface area contributed by atoms with Gasteiger partial charge in [-0.3, -0.25) is 9.59 Å². The maximum Gasteiger partial charge on any atom is 0.244 e. The van der Waals surface area contributed by atoms with Crippen molar-refractivity contribution in [2.75, 3.05) is 18.4 Å². The van der Waals surface area contributed by atoms with Crippen LogP contribution in [0.4, 0.5) is 10.1 Å². The van der Waals surface area contributed by atoms with E-state index >= 15 is 0 Å². The van der Waals surface area contributed by atoms with Crippen LogP contribution in [-0.2, 0) is 16.0 Å². The highest BCUT2D eigenvalue weighted by Crippen LogP contribution is 2.25. The lowest BCUT2D eigenvalue weighted by molar-refractivity contribution is -0.134. The van der Waals surface area contributed by atoms with E-state index in [1.54, 1.807) is 30.3 Å². The Hall–Kier alpha value is -2.11. The van der Waals surface area contributed by atoms with Gasteiger partial charge < -0.3 is 10.2 Å². The maximum absolute atomic E-state index is 13.3. The van der Waals surface area contributed by atoms with Crippen LogP contribution < -0.4 is 5.32 Å². The molecule has 0 saturated carbocycles. The molecule has 0 atom stereocenters. The molecule has 0 spiro atoms. The van der Waals surface area contributed by atoms with Gasteiger partial charge in [0, 0.05) is 11.6 Å². The van der Waals surface area contributed by atoms with Gasteiger partial charge in [0.1, 0.15) is 5.82 Å². The molecule has 0 heterocycles. The number of carbonyl (C=O) groups is 2. The van der Waals surface area contributed by atoms with E-state index in [0.29, 0.717) is 34.3 Å². The quantitative estimate of drug-likeness (QED) is 0.745. The van der Waals surface area contributed by atoms with Crippen LogP contribution in [-0.4, -0.2) is 29.8 Å². The molecule has 2 rings (SSSR count). The summed E-state index contributed by atoms with van der Waals surface area (Å²) in [7, 11) is 0. The van der Waals surface area contributed by atoms with Crippen molar-refractivity contribution >= 4 is 40.7 Å². The van der Waals surface area contributed by atoms with Crippen molar-refractivity contribution < 1.29 is 14.0 Å². The van der Waals surface area contributed by atoms with Crippen LogP contribution in [0.25, 0.3) is 0 Å². The van der Waals surface area contributed by atoms with Crippen molar-refractivity contribution in [3.8, 4) is 0 Å². The predicted octanol–water partition coefficient (Wildman–Crippen LogP) is 4.55. The number of nitrogens with zero attached hydrogens (tertiary/aromatic N) is 1. The molecular weight excluding hydrogens is 378 g/mol. The molecule has 0 radical (unpaired) electrons. The van der Waals surface area contributed by atoms with Crippen LogP contribution in [0.3, 0.4) is 0 Å². The van der Waals surface area contributed by atoms with Gasteiger partial charge in [0.25, 0.3) is 0 Å². The third-order valence-electron chi connectivity index (χ3n) is 3.63. The van der Waals surface area contributed by atoms with Gasteiger partial charge in [-0.25, -0.2) is 4.39 Å². The molecule has 0 aliphatic rings. The highest BCUT2D eigenvalue weighted by molar-refractivity contribution is 6.35. The number of amides is 2. The average Bonchev–Trinajstić information content (AvgIpc) is 2.57. The van der Waals surface area contributed by atoms with Gasteiger partial charge in [0.15, 0.2) is 0 Å². The van der Waals surface area contributed by atoms with Crippen LogP contribution in [0.2, 0.25) is 10.0 Å². The first kappa shape index (κ1) is 20.2. The molecule has 26 heavy (non-hydrogen) atoms. The summed E-state index contributed by atoms with van der Waals surface area (Å²) in [5, 5.41) is 3.46. The summed E-state index contributed by atoms with van der Waals surface area (Å²) in [4.78, 5) is 26.2. The summed E-state index contributed by atoms with van der Waals surface area (Å²) >= 11 is 11.9. The van der Waals surface area contributed by atoms with E-state index in [1.165, 1.54) is 17.0 Å². The fourth-order valence-electron chi connectivity index (χ4n) is 2.45. The minimum Gasteiger partial charge on any atom is -0.333 e. The molecule has 1 N–H and O–H groups in total. The fourth-order valence-corrected chi connectivity index (χ4v) is 2.79. The lowest BCUT2D eigenvalue weighted by Gasteiger charge is -2.22. The normalized spacial score (nSPS) is 10.5. The summed E-state index contributed by atoms with van der Waals surface area (Å²) in [6.07, 6.45) is 0.725.